The third-order valence-electron chi connectivity index (χ3n) is 13.8. The molecule has 0 bridgehead atoms. The molecule has 2 spiro atoms. The van der Waals surface area contributed by atoms with Crippen molar-refractivity contribution in [2.75, 3.05) is 6.54 Å². The molecule has 0 aromatic heterocycles. The summed E-state index contributed by atoms with van der Waals surface area (Å²) in [6.45, 7) is 13.3. The first kappa shape index (κ1) is 34.7. The third kappa shape index (κ3) is 6.23. The van der Waals surface area contributed by atoms with Crippen molar-refractivity contribution in [3.05, 3.63) is 0 Å². The number of aliphatic hydroxyl groups is 1. The molecular formula is C38H62N2O5. The Bertz CT molecular complexity index is 1140. The molecule has 254 valence electrons. The molecule has 4 aliphatic carbocycles. The molecule has 5 rings (SSSR count). The molecule has 45 heavy (non-hydrogen) atoms. The predicted octanol–water partition coefficient (Wildman–Crippen LogP) is 6.42. The molecule has 0 radical (unpaired) electrons. The fourth-order valence-electron chi connectivity index (χ4n) is 10.3. The lowest BCUT2D eigenvalue weighted by molar-refractivity contribution is -0.146. The number of rotatable bonds is 14. The van der Waals surface area contributed by atoms with Crippen molar-refractivity contribution >= 4 is 23.3 Å². The number of carbonyl (C=O) groups is 4. The van der Waals surface area contributed by atoms with Gasteiger partial charge in [-0.3, -0.25) is 19.2 Å². The summed E-state index contributed by atoms with van der Waals surface area (Å²) in [6.07, 6.45) is 12.3. The molecule has 1 saturated heterocycles. The molecule has 4 saturated carbocycles. The van der Waals surface area contributed by atoms with E-state index in [2.05, 4.69) is 13.8 Å². The van der Waals surface area contributed by atoms with Crippen LogP contribution in [0.1, 0.15) is 144 Å². The minimum atomic E-state index is -1.13. The monoisotopic (exact) mass is 626 g/mol. The quantitative estimate of drug-likeness (QED) is 0.230. The van der Waals surface area contributed by atoms with E-state index in [9.17, 15) is 24.3 Å². The van der Waals surface area contributed by atoms with Crippen LogP contribution in [-0.4, -0.2) is 58.0 Å². The first-order chi connectivity index (χ1) is 21.1. The second-order valence-electron chi connectivity index (χ2n) is 17.6. The Balaban J connectivity index is 1.38. The second kappa shape index (κ2) is 12.8. The third-order valence-corrected chi connectivity index (χ3v) is 13.8. The van der Waals surface area contributed by atoms with Gasteiger partial charge in [0.2, 0.25) is 5.91 Å². The highest BCUT2D eigenvalue weighted by Gasteiger charge is 2.85. The summed E-state index contributed by atoms with van der Waals surface area (Å²) in [5.41, 5.74) is 6.15. The highest BCUT2D eigenvalue weighted by Crippen LogP contribution is 2.88. The summed E-state index contributed by atoms with van der Waals surface area (Å²) in [5, 5.41) is 11.1. The van der Waals surface area contributed by atoms with Gasteiger partial charge in [-0.05, 0) is 85.4 Å². The van der Waals surface area contributed by atoms with Crippen LogP contribution in [0.4, 0.5) is 0 Å². The summed E-state index contributed by atoms with van der Waals surface area (Å²) >= 11 is 0. The van der Waals surface area contributed by atoms with Gasteiger partial charge in [-0.25, -0.2) is 0 Å². The Hall–Kier alpha value is -1.60. The fourth-order valence-corrected chi connectivity index (χ4v) is 10.3. The van der Waals surface area contributed by atoms with Gasteiger partial charge in [0, 0.05) is 37.1 Å². The molecule has 1 heterocycles. The highest BCUT2D eigenvalue weighted by atomic mass is 16.3. The number of aliphatic hydroxyl groups excluding tert-OH is 1. The number of nitrogens with two attached hydrogens (primary N) is 1. The van der Waals surface area contributed by atoms with E-state index in [4.69, 9.17) is 5.73 Å². The first-order valence-corrected chi connectivity index (χ1v) is 18.4. The molecule has 7 nitrogen and oxygen atoms in total. The summed E-state index contributed by atoms with van der Waals surface area (Å²) in [5.74, 6) is -0.745. The zero-order valence-electron chi connectivity index (χ0n) is 29.2. The van der Waals surface area contributed by atoms with E-state index in [-0.39, 0.29) is 58.3 Å². The highest BCUT2D eigenvalue weighted by molar-refractivity contribution is 5.94. The number of ketones is 3. The Morgan fingerprint density at radius 3 is 2.07 bits per heavy atom. The van der Waals surface area contributed by atoms with Crippen LogP contribution in [0.25, 0.3) is 0 Å². The fraction of sp³-hybridized carbons (Fsp3) is 0.895. The summed E-state index contributed by atoms with van der Waals surface area (Å²) < 4.78 is 0. The molecule has 3 N–H and O–H groups in total. The van der Waals surface area contributed by atoms with Gasteiger partial charge in [-0.1, -0.05) is 73.6 Å². The standard InChI is InChI=1S/C38H62N2O5/c1-7-12-26(33(44)31(43)19-24-15-16-24)20-29(41)28-22-38(36(5,6)37(38)17-11-18-37)23-40(28)34(45)27(35(2,3)4)21-30(42)32(39)25-13-9-8-10-14-25/h24-28,32-33,44H,7-23,39H2,1-6H3/t26-,27-,28+,32+,33?,38-/m1/s1. The topological polar surface area (TPSA) is 118 Å². The summed E-state index contributed by atoms with van der Waals surface area (Å²) in [7, 11) is 0. The van der Waals surface area contributed by atoms with E-state index >= 15 is 0 Å². The van der Waals surface area contributed by atoms with Crippen molar-refractivity contribution in [2.24, 2.45) is 51.1 Å². The van der Waals surface area contributed by atoms with Crippen molar-refractivity contribution in [3.8, 4) is 0 Å². The number of amides is 1. The number of hydrogen-bond donors (Lipinski definition) is 2. The molecule has 0 aromatic carbocycles. The molecule has 1 amide bonds. The first-order valence-electron chi connectivity index (χ1n) is 18.4. The number of hydrogen-bond acceptors (Lipinski definition) is 6. The van der Waals surface area contributed by atoms with Gasteiger partial charge in [0.15, 0.2) is 17.3 Å². The molecule has 5 fully saturated rings. The van der Waals surface area contributed by atoms with E-state index < -0.39 is 35.4 Å². The number of fused-ring (bicyclic) bond motifs is 1. The van der Waals surface area contributed by atoms with Crippen LogP contribution in [0.15, 0.2) is 0 Å². The van der Waals surface area contributed by atoms with Crippen LogP contribution in [0.2, 0.25) is 0 Å². The van der Waals surface area contributed by atoms with Crippen molar-refractivity contribution in [1.82, 2.24) is 4.90 Å². The molecule has 7 heteroatoms. The van der Waals surface area contributed by atoms with Crippen LogP contribution in [0, 0.1) is 45.3 Å². The minimum Gasteiger partial charge on any atom is -0.385 e. The number of carbonyl (C=O) groups excluding carboxylic acids is 4. The second-order valence-corrected chi connectivity index (χ2v) is 17.6. The lowest BCUT2D eigenvalue weighted by atomic mass is 9.73. The van der Waals surface area contributed by atoms with E-state index in [1.54, 1.807) is 0 Å². The van der Waals surface area contributed by atoms with Gasteiger partial charge in [-0.2, -0.15) is 0 Å². The number of likely N-dealkylation sites (tertiary alicyclic amines) is 1. The zero-order valence-corrected chi connectivity index (χ0v) is 29.2. The SMILES string of the molecule is CCC[C@H](CC(=O)[C@@H]1C[C@@]2(CN1C(=O)[C@@H](CC(=O)[C@@H](N)C1CCCCC1)C(C)(C)C)C(C)(C)C21CCC1)C(O)C(=O)CC1CC1. The smallest absolute Gasteiger partial charge is 0.227 e. The van der Waals surface area contributed by atoms with Gasteiger partial charge < -0.3 is 15.7 Å². The van der Waals surface area contributed by atoms with E-state index in [1.165, 1.54) is 12.8 Å². The van der Waals surface area contributed by atoms with Crippen LogP contribution >= 0.6 is 0 Å². The Morgan fingerprint density at radius 2 is 1.56 bits per heavy atom. The van der Waals surface area contributed by atoms with E-state index in [1.807, 2.05) is 32.6 Å². The van der Waals surface area contributed by atoms with Crippen LogP contribution in [-0.2, 0) is 19.2 Å². The Labute approximate surface area is 272 Å². The molecular weight excluding hydrogens is 564 g/mol. The average molecular weight is 627 g/mol. The minimum absolute atomic E-state index is 0.0325. The lowest BCUT2D eigenvalue weighted by Crippen LogP contribution is -2.49. The van der Waals surface area contributed by atoms with Crippen molar-refractivity contribution in [3.63, 3.8) is 0 Å². The summed E-state index contributed by atoms with van der Waals surface area (Å²) in [6, 6.07) is -1.14. The van der Waals surface area contributed by atoms with Gasteiger partial charge in [0.25, 0.3) is 0 Å². The number of Topliss-reactive ketones (excluding diaryl/α,β-unsaturated/α-hetero) is 3. The molecule has 1 aliphatic heterocycles. The van der Waals surface area contributed by atoms with E-state index in [0.717, 1.165) is 57.8 Å². The molecule has 0 aromatic rings. The van der Waals surface area contributed by atoms with Gasteiger partial charge >= 0.3 is 0 Å². The normalized spacial score (nSPS) is 30.0. The van der Waals surface area contributed by atoms with Crippen LogP contribution < -0.4 is 5.73 Å². The summed E-state index contributed by atoms with van der Waals surface area (Å²) in [4.78, 5) is 57.5. The van der Waals surface area contributed by atoms with Gasteiger partial charge in [0.1, 0.15) is 6.10 Å². The maximum Gasteiger partial charge on any atom is 0.227 e. The van der Waals surface area contributed by atoms with Gasteiger partial charge in [-0.15, -0.1) is 0 Å². The van der Waals surface area contributed by atoms with Crippen LogP contribution in [0.3, 0.4) is 0 Å². The van der Waals surface area contributed by atoms with E-state index in [0.29, 0.717) is 31.7 Å². The molecule has 6 atom stereocenters. The van der Waals surface area contributed by atoms with Crippen LogP contribution in [0.5, 0.6) is 0 Å². The average Bonchev–Trinajstić information content (AvgIpc) is 3.79. The zero-order chi connectivity index (χ0) is 32.9. The van der Waals surface area contributed by atoms with Crippen molar-refractivity contribution in [2.45, 2.75) is 162 Å². The maximum absolute atomic E-state index is 14.7. The van der Waals surface area contributed by atoms with Crippen molar-refractivity contribution < 1.29 is 24.3 Å². The van der Waals surface area contributed by atoms with Crippen molar-refractivity contribution in [1.29, 1.82) is 0 Å². The number of nitrogens with zero attached hydrogens (tertiary/aromatic N) is 1. The lowest BCUT2D eigenvalue weighted by Gasteiger charge is -2.36. The Morgan fingerprint density at radius 1 is 0.911 bits per heavy atom. The largest absolute Gasteiger partial charge is 0.385 e. The maximum atomic E-state index is 14.7. The Kier molecular flexibility index (Phi) is 9.86. The predicted molar refractivity (Wildman–Crippen MR) is 176 cm³/mol. The molecule has 5 aliphatic rings. The van der Waals surface area contributed by atoms with Gasteiger partial charge in [0.05, 0.1) is 12.1 Å². The molecule has 1 unspecified atom stereocenters.